The summed E-state index contributed by atoms with van der Waals surface area (Å²) in [6, 6.07) is 3.10. The van der Waals surface area contributed by atoms with E-state index in [0.29, 0.717) is 6.04 Å². The van der Waals surface area contributed by atoms with Crippen molar-refractivity contribution < 1.29 is 0 Å². The first-order valence-corrected chi connectivity index (χ1v) is 10.7. The molecule has 1 unspecified atom stereocenters. The number of nitrogens with one attached hydrogen (secondary N) is 1. The molecule has 0 radical (unpaired) electrons. The number of thioether (sulfide) groups is 1. The molecule has 0 fully saturated rings. The predicted octanol–water partition coefficient (Wildman–Crippen LogP) is 5.94. The maximum Gasteiger partial charge on any atom is 0.0414 e. The highest BCUT2D eigenvalue weighted by Gasteiger charge is 2.18. The lowest BCUT2D eigenvalue weighted by molar-refractivity contribution is 0.482. The number of aryl methyl sites for hydroxylation is 1. The van der Waals surface area contributed by atoms with Gasteiger partial charge in [0.1, 0.15) is 0 Å². The highest BCUT2D eigenvalue weighted by Crippen LogP contribution is 2.35. The van der Waals surface area contributed by atoms with Crippen LogP contribution in [0.2, 0.25) is 0 Å². The van der Waals surface area contributed by atoms with Gasteiger partial charge < -0.3 is 5.32 Å². The third kappa shape index (κ3) is 5.61. The van der Waals surface area contributed by atoms with Gasteiger partial charge in [0, 0.05) is 21.5 Å². The SMILES string of the molecule is CCCCCCCCC(NCC)c1cc2c(s1)CCSC2. The van der Waals surface area contributed by atoms with E-state index in [1.54, 1.807) is 15.3 Å². The Morgan fingerprint density at radius 2 is 1.95 bits per heavy atom. The minimum Gasteiger partial charge on any atom is -0.310 e. The molecule has 1 N–H and O–H groups in total. The maximum atomic E-state index is 3.71. The second-order valence-corrected chi connectivity index (χ2v) is 8.34. The monoisotopic (exact) mass is 325 g/mol. The molecule has 1 nitrogen and oxygen atoms in total. The molecular weight excluding hydrogens is 294 g/mol. The van der Waals surface area contributed by atoms with Crippen LogP contribution in [0, 0.1) is 0 Å². The van der Waals surface area contributed by atoms with Crippen LogP contribution >= 0.6 is 23.1 Å². The fourth-order valence-electron chi connectivity index (χ4n) is 3.06. The van der Waals surface area contributed by atoms with Gasteiger partial charge in [-0.25, -0.2) is 0 Å². The van der Waals surface area contributed by atoms with Crippen molar-refractivity contribution in [3.8, 4) is 0 Å². The molecule has 0 saturated heterocycles. The fourth-order valence-corrected chi connectivity index (χ4v) is 5.55. The molecule has 2 heterocycles. The lowest BCUT2D eigenvalue weighted by Gasteiger charge is -2.16. The summed E-state index contributed by atoms with van der Waals surface area (Å²) in [6.07, 6.45) is 11.0. The van der Waals surface area contributed by atoms with Crippen LogP contribution in [-0.2, 0) is 12.2 Å². The van der Waals surface area contributed by atoms with E-state index in [-0.39, 0.29) is 0 Å². The molecule has 0 amide bonds. The summed E-state index contributed by atoms with van der Waals surface area (Å²) >= 11 is 4.17. The standard InChI is InChI=1S/C18H31NS2/c1-3-5-6-7-8-9-10-16(19-4-2)18-13-15-14-20-12-11-17(15)21-18/h13,16,19H,3-12,14H2,1-2H3. The Hall–Kier alpha value is 0.01000. The van der Waals surface area contributed by atoms with Crippen molar-refractivity contribution in [2.75, 3.05) is 12.3 Å². The minimum atomic E-state index is 0.599. The summed E-state index contributed by atoms with van der Waals surface area (Å²) in [7, 11) is 0. The summed E-state index contributed by atoms with van der Waals surface area (Å²) in [5, 5.41) is 3.71. The van der Waals surface area contributed by atoms with E-state index in [4.69, 9.17) is 0 Å². The zero-order valence-electron chi connectivity index (χ0n) is 13.7. The quantitative estimate of drug-likeness (QED) is 0.534. The van der Waals surface area contributed by atoms with E-state index < -0.39 is 0 Å². The van der Waals surface area contributed by atoms with Gasteiger partial charge in [0.05, 0.1) is 0 Å². The van der Waals surface area contributed by atoms with Gasteiger partial charge in [-0.1, -0.05) is 52.4 Å². The number of hydrogen-bond donors (Lipinski definition) is 1. The molecule has 1 aliphatic rings. The smallest absolute Gasteiger partial charge is 0.0414 e. The average molecular weight is 326 g/mol. The second kappa shape index (κ2) is 9.91. The summed E-state index contributed by atoms with van der Waals surface area (Å²) < 4.78 is 0. The first-order chi connectivity index (χ1) is 10.3. The molecule has 0 saturated carbocycles. The van der Waals surface area contributed by atoms with Gasteiger partial charge in [0.2, 0.25) is 0 Å². The van der Waals surface area contributed by atoms with Crippen LogP contribution in [0.15, 0.2) is 6.07 Å². The number of fused-ring (bicyclic) bond motifs is 1. The highest BCUT2D eigenvalue weighted by atomic mass is 32.2. The van der Waals surface area contributed by atoms with E-state index in [1.807, 2.05) is 0 Å². The first kappa shape index (κ1) is 17.4. The highest BCUT2D eigenvalue weighted by molar-refractivity contribution is 7.98. The van der Waals surface area contributed by atoms with Crippen molar-refractivity contribution in [1.29, 1.82) is 0 Å². The molecule has 0 aliphatic carbocycles. The molecule has 1 aromatic heterocycles. The average Bonchev–Trinajstić information content (AvgIpc) is 2.93. The number of rotatable bonds is 10. The van der Waals surface area contributed by atoms with Crippen molar-refractivity contribution >= 4 is 23.1 Å². The van der Waals surface area contributed by atoms with Crippen LogP contribution < -0.4 is 5.32 Å². The molecule has 1 aliphatic heterocycles. The summed E-state index contributed by atoms with van der Waals surface area (Å²) in [5.74, 6) is 2.55. The summed E-state index contributed by atoms with van der Waals surface area (Å²) in [5.41, 5.74) is 1.62. The lowest BCUT2D eigenvalue weighted by atomic mass is 10.0. The van der Waals surface area contributed by atoms with Gasteiger partial charge in [0.15, 0.2) is 0 Å². The molecule has 21 heavy (non-hydrogen) atoms. The lowest BCUT2D eigenvalue weighted by Crippen LogP contribution is -2.19. The summed E-state index contributed by atoms with van der Waals surface area (Å²) in [6.45, 7) is 5.60. The Morgan fingerprint density at radius 3 is 2.71 bits per heavy atom. The van der Waals surface area contributed by atoms with E-state index in [1.165, 1.54) is 62.9 Å². The number of unbranched alkanes of at least 4 members (excludes halogenated alkanes) is 5. The Morgan fingerprint density at radius 1 is 1.14 bits per heavy atom. The zero-order valence-corrected chi connectivity index (χ0v) is 15.4. The van der Waals surface area contributed by atoms with Crippen LogP contribution in [0.5, 0.6) is 0 Å². The number of hydrogen-bond acceptors (Lipinski definition) is 3. The van der Waals surface area contributed by atoms with Crippen LogP contribution in [-0.4, -0.2) is 12.3 Å². The van der Waals surface area contributed by atoms with Crippen molar-refractivity contribution in [1.82, 2.24) is 5.32 Å². The third-order valence-electron chi connectivity index (χ3n) is 4.29. The van der Waals surface area contributed by atoms with Gasteiger partial charge >= 0.3 is 0 Å². The molecule has 0 bridgehead atoms. The largest absolute Gasteiger partial charge is 0.310 e. The third-order valence-corrected chi connectivity index (χ3v) is 6.65. The minimum absolute atomic E-state index is 0.599. The molecular formula is C18H31NS2. The molecule has 1 atom stereocenters. The van der Waals surface area contributed by atoms with Gasteiger partial charge in [0.25, 0.3) is 0 Å². The Labute approximate surface area is 139 Å². The van der Waals surface area contributed by atoms with Gasteiger partial charge in [-0.3, -0.25) is 0 Å². The molecule has 0 aromatic carbocycles. The van der Waals surface area contributed by atoms with E-state index in [2.05, 4.69) is 48.3 Å². The van der Waals surface area contributed by atoms with E-state index >= 15 is 0 Å². The predicted molar refractivity (Wildman–Crippen MR) is 98.6 cm³/mol. The molecule has 3 heteroatoms. The first-order valence-electron chi connectivity index (χ1n) is 8.77. The fraction of sp³-hybridized carbons (Fsp3) is 0.778. The number of thiophene rings is 1. The van der Waals surface area contributed by atoms with Gasteiger partial charge in [-0.15, -0.1) is 11.3 Å². The van der Waals surface area contributed by atoms with Gasteiger partial charge in [-0.2, -0.15) is 11.8 Å². The zero-order chi connectivity index (χ0) is 14.9. The van der Waals surface area contributed by atoms with Crippen molar-refractivity contribution in [3.63, 3.8) is 0 Å². The molecule has 120 valence electrons. The van der Waals surface area contributed by atoms with Crippen LogP contribution in [0.4, 0.5) is 0 Å². The Bertz CT molecular complexity index is 376. The maximum absolute atomic E-state index is 3.71. The normalized spacial score (nSPS) is 15.9. The summed E-state index contributed by atoms with van der Waals surface area (Å²) in [4.78, 5) is 3.26. The van der Waals surface area contributed by atoms with Crippen LogP contribution in [0.1, 0.15) is 80.2 Å². The van der Waals surface area contributed by atoms with Gasteiger partial charge in [-0.05, 0) is 36.8 Å². The van der Waals surface area contributed by atoms with Crippen molar-refractivity contribution in [2.45, 2.75) is 77.0 Å². The Balaban J connectivity index is 1.82. The Kier molecular flexibility index (Phi) is 8.20. The van der Waals surface area contributed by atoms with Crippen LogP contribution in [0.3, 0.4) is 0 Å². The molecule has 1 aromatic rings. The second-order valence-electron chi connectivity index (χ2n) is 6.07. The van der Waals surface area contributed by atoms with E-state index in [0.717, 1.165) is 6.54 Å². The van der Waals surface area contributed by atoms with E-state index in [9.17, 15) is 0 Å². The molecule has 2 rings (SSSR count). The topological polar surface area (TPSA) is 12.0 Å². The van der Waals surface area contributed by atoms with Crippen LogP contribution in [0.25, 0.3) is 0 Å². The molecule has 0 spiro atoms. The van der Waals surface area contributed by atoms with Crippen molar-refractivity contribution in [3.05, 3.63) is 21.4 Å². The van der Waals surface area contributed by atoms with Crippen molar-refractivity contribution in [2.24, 2.45) is 0 Å².